The Hall–Kier alpha value is -0.570. The number of hydrogen-bond acceptors (Lipinski definition) is 2. The molecule has 1 atom stereocenters. The van der Waals surface area contributed by atoms with E-state index in [-0.39, 0.29) is 11.7 Å². The molecular formula is C13H20ClNO. The van der Waals surface area contributed by atoms with Crippen molar-refractivity contribution in [3.8, 4) is 0 Å². The van der Waals surface area contributed by atoms with Crippen molar-refractivity contribution in [1.82, 2.24) is 5.32 Å². The molecule has 0 radical (unpaired) electrons. The molecule has 1 rings (SSSR count). The smallest absolute Gasteiger partial charge is 0.0956 e. The van der Waals surface area contributed by atoms with Crippen molar-refractivity contribution in [2.75, 3.05) is 13.6 Å². The molecule has 0 aliphatic heterocycles. The average molecular weight is 242 g/mol. The highest BCUT2D eigenvalue weighted by atomic mass is 35.5. The zero-order valence-corrected chi connectivity index (χ0v) is 11.1. The van der Waals surface area contributed by atoms with E-state index >= 15 is 0 Å². The lowest BCUT2D eigenvalue weighted by Crippen LogP contribution is -2.28. The van der Waals surface area contributed by atoms with Crippen LogP contribution in [0.4, 0.5) is 0 Å². The topological polar surface area (TPSA) is 21.3 Å². The summed E-state index contributed by atoms with van der Waals surface area (Å²) in [6.07, 6.45) is 0.0577. The van der Waals surface area contributed by atoms with Gasteiger partial charge in [-0.05, 0) is 45.5 Å². The Morgan fingerprint density at radius 1 is 1.25 bits per heavy atom. The molecular weight excluding hydrogens is 222 g/mol. The molecule has 0 amide bonds. The van der Waals surface area contributed by atoms with Gasteiger partial charge in [-0.2, -0.15) is 0 Å². The summed E-state index contributed by atoms with van der Waals surface area (Å²) in [5, 5.41) is 3.90. The normalized spacial score (nSPS) is 13.8. The van der Waals surface area contributed by atoms with Gasteiger partial charge in [0.25, 0.3) is 0 Å². The molecule has 1 unspecified atom stereocenters. The van der Waals surface area contributed by atoms with Crippen molar-refractivity contribution in [2.45, 2.75) is 32.5 Å². The van der Waals surface area contributed by atoms with Crippen molar-refractivity contribution >= 4 is 11.6 Å². The quantitative estimate of drug-likeness (QED) is 0.872. The van der Waals surface area contributed by atoms with Gasteiger partial charge in [0.05, 0.1) is 11.7 Å². The van der Waals surface area contributed by atoms with Gasteiger partial charge in [-0.15, -0.1) is 0 Å². The Balaban J connectivity index is 2.80. The summed E-state index contributed by atoms with van der Waals surface area (Å²) in [6, 6.07) is 7.81. The molecule has 1 aromatic rings. The van der Waals surface area contributed by atoms with Crippen molar-refractivity contribution in [1.29, 1.82) is 0 Å². The average Bonchev–Trinajstić information content (AvgIpc) is 2.16. The Morgan fingerprint density at radius 3 is 2.25 bits per heavy atom. The summed E-state index contributed by atoms with van der Waals surface area (Å²) in [5.74, 6) is 0. The maximum Gasteiger partial charge on any atom is 0.0956 e. The van der Waals surface area contributed by atoms with Gasteiger partial charge in [-0.1, -0.05) is 23.7 Å². The second kappa shape index (κ2) is 5.67. The molecule has 1 N–H and O–H groups in total. The Morgan fingerprint density at radius 2 is 1.81 bits per heavy atom. The highest BCUT2D eigenvalue weighted by Crippen LogP contribution is 2.24. The maximum atomic E-state index is 6.00. The van der Waals surface area contributed by atoms with Gasteiger partial charge in [0, 0.05) is 11.6 Å². The fourth-order valence-corrected chi connectivity index (χ4v) is 1.64. The molecule has 0 saturated heterocycles. The van der Waals surface area contributed by atoms with Gasteiger partial charge < -0.3 is 10.1 Å². The monoisotopic (exact) mass is 241 g/mol. The molecule has 2 nitrogen and oxygen atoms in total. The van der Waals surface area contributed by atoms with E-state index in [1.165, 1.54) is 0 Å². The van der Waals surface area contributed by atoms with E-state index in [1.807, 2.05) is 31.3 Å². The summed E-state index contributed by atoms with van der Waals surface area (Å²) < 4.78 is 6.00. The molecule has 0 spiro atoms. The number of rotatable bonds is 4. The van der Waals surface area contributed by atoms with E-state index in [2.05, 4.69) is 26.1 Å². The van der Waals surface area contributed by atoms with Crippen LogP contribution in [0, 0.1) is 0 Å². The van der Waals surface area contributed by atoms with Gasteiger partial charge in [-0.3, -0.25) is 0 Å². The van der Waals surface area contributed by atoms with Crippen LogP contribution in [-0.2, 0) is 4.74 Å². The minimum atomic E-state index is -0.152. The molecule has 0 aliphatic rings. The lowest BCUT2D eigenvalue weighted by molar-refractivity contribution is -0.0599. The van der Waals surface area contributed by atoms with Crippen molar-refractivity contribution in [3.63, 3.8) is 0 Å². The molecule has 16 heavy (non-hydrogen) atoms. The molecule has 0 aromatic heterocycles. The van der Waals surface area contributed by atoms with E-state index in [0.717, 1.165) is 17.1 Å². The second-order valence-corrected chi connectivity index (χ2v) is 5.26. The molecule has 0 bridgehead atoms. The van der Waals surface area contributed by atoms with E-state index < -0.39 is 0 Å². The third-order valence-corrected chi connectivity index (χ3v) is 2.38. The van der Waals surface area contributed by atoms with E-state index in [9.17, 15) is 0 Å². The van der Waals surface area contributed by atoms with Crippen LogP contribution >= 0.6 is 11.6 Å². The predicted octanol–water partition coefficient (Wildman–Crippen LogP) is 3.42. The molecule has 90 valence electrons. The van der Waals surface area contributed by atoms with E-state index in [1.54, 1.807) is 0 Å². The van der Waals surface area contributed by atoms with Crippen LogP contribution in [0.2, 0.25) is 5.02 Å². The third kappa shape index (κ3) is 4.52. The van der Waals surface area contributed by atoms with Crippen molar-refractivity contribution in [2.24, 2.45) is 0 Å². The summed E-state index contributed by atoms with van der Waals surface area (Å²) >= 11 is 5.87. The van der Waals surface area contributed by atoms with Crippen molar-refractivity contribution in [3.05, 3.63) is 34.9 Å². The minimum absolute atomic E-state index is 0.0577. The van der Waals surface area contributed by atoms with Crippen molar-refractivity contribution < 1.29 is 4.74 Å². The number of ether oxygens (including phenoxy) is 1. The lowest BCUT2D eigenvalue weighted by atomic mass is 10.1. The molecule has 0 fully saturated rings. The zero-order chi connectivity index (χ0) is 12.2. The van der Waals surface area contributed by atoms with Gasteiger partial charge in [0.2, 0.25) is 0 Å². The van der Waals surface area contributed by atoms with Crippen LogP contribution < -0.4 is 5.32 Å². The second-order valence-electron chi connectivity index (χ2n) is 4.83. The number of nitrogens with one attached hydrogen (secondary N) is 1. The van der Waals surface area contributed by atoms with Crippen LogP contribution in [0.3, 0.4) is 0 Å². The first-order valence-electron chi connectivity index (χ1n) is 5.50. The first-order chi connectivity index (χ1) is 7.42. The van der Waals surface area contributed by atoms with E-state index in [0.29, 0.717) is 0 Å². The summed E-state index contributed by atoms with van der Waals surface area (Å²) in [6.45, 7) is 6.97. The highest BCUT2D eigenvalue weighted by Gasteiger charge is 2.19. The number of hydrogen-bond donors (Lipinski definition) is 1. The van der Waals surface area contributed by atoms with Crippen LogP contribution in [0.5, 0.6) is 0 Å². The Labute approximate surface area is 103 Å². The summed E-state index contributed by atoms with van der Waals surface area (Å²) in [7, 11) is 1.93. The highest BCUT2D eigenvalue weighted by molar-refractivity contribution is 6.30. The van der Waals surface area contributed by atoms with Gasteiger partial charge in [0.1, 0.15) is 0 Å². The van der Waals surface area contributed by atoms with Gasteiger partial charge in [0.15, 0.2) is 0 Å². The van der Waals surface area contributed by atoms with Crippen LogP contribution in [0.25, 0.3) is 0 Å². The molecule has 0 heterocycles. The molecule has 1 aromatic carbocycles. The lowest BCUT2D eigenvalue weighted by Gasteiger charge is -2.28. The molecule has 3 heteroatoms. The first-order valence-corrected chi connectivity index (χ1v) is 5.88. The Bertz CT molecular complexity index is 316. The Kier molecular flexibility index (Phi) is 4.78. The number of benzene rings is 1. The summed E-state index contributed by atoms with van der Waals surface area (Å²) in [5.41, 5.74) is 0.995. The maximum absolute atomic E-state index is 6.00. The predicted molar refractivity (Wildman–Crippen MR) is 69.0 cm³/mol. The third-order valence-electron chi connectivity index (χ3n) is 2.13. The first kappa shape index (κ1) is 13.5. The molecule has 0 aliphatic carbocycles. The van der Waals surface area contributed by atoms with E-state index in [4.69, 9.17) is 16.3 Å². The number of halogens is 1. The van der Waals surface area contributed by atoms with Crippen LogP contribution in [0.1, 0.15) is 32.4 Å². The largest absolute Gasteiger partial charge is 0.367 e. The SMILES string of the molecule is CNCC(OC(C)(C)C)c1ccc(Cl)cc1. The summed E-state index contributed by atoms with van der Waals surface area (Å²) in [4.78, 5) is 0. The van der Waals surface area contributed by atoms with Crippen LogP contribution in [-0.4, -0.2) is 19.2 Å². The molecule has 0 saturated carbocycles. The minimum Gasteiger partial charge on any atom is -0.367 e. The van der Waals surface area contributed by atoms with Crippen LogP contribution in [0.15, 0.2) is 24.3 Å². The fourth-order valence-electron chi connectivity index (χ4n) is 1.52. The standard InChI is InChI=1S/C13H20ClNO/c1-13(2,3)16-12(9-15-4)10-5-7-11(14)8-6-10/h5-8,12,15H,9H2,1-4H3. The van der Waals surface area contributed by atoms with Gasteiger partial charge in [-0.25, -0.2) is 0 Å². The van der Waals surface area contributed by atoms with Gasteiger partial charge >= 0.3 is 0 Å². The zero-order valence-electron chi connectivity index (χ0n) is 10.4. The fraction of sp³-hybridized carbons (Fsp3) is 0.538. The number of likely N-dealkylation sites (N-methyl/N-ethyl adjacent to an activating group) is 1.